The SMILES string of the molecule is NC(=S)N1CCC(c2ccc(-c3cccc(Cl)c3)o2)=N1. The van der Waals surface area contributed by atoms with E-state index in [-0.39, 0.29) is 5.11 Å². The first kappa shape index (κ1) is 13.1. The van der Waals surface area contributed by atoms with Crippen molar-refractivity contribution in [2.75, 3.05) is 6.54 Å². The van der Waals surface area contributed by atoms with Crippen LogP contribution in [0, 0.1) is 0 Å². The topological polar surface area (TPSA) is 54.8 Å². The number of furan rings is 1. The van der Waals surface area contributed by atoms with Crippen molar-refractivity contribution >= 4 is 34.6 Å². The first-order valence-electron chi connectivity index (χ1n) is 6.14. The molecule has 1 aromatic carbocycles. The Labute approximate surface area is 126 Å². The molecule has 0 spiro atoms. The first-order chi connectivity index (χ1) is 9.63. The minimum absolute atomic E-state index is 0.279. The summed E-state index contributed by atoms with van der Waals surface area (Å²) in [5.74, 6) is 1.50. The number of hydrogen-bond donors (Lipinski definition) is 1. The van der Waals surface area contributed by atoms with Gasteiger partial charge in [-0.1, -0.05) is 23.7 Å². The number of halogens is 1. The van der Waals surface area contributed by atoms with Gasteiger partial charge in [-0.3, -0.25) is 0 Å². The highest BCUT2D eigenvalue weighted by molar-refractivity contribution is 7.80. The van der Waals surface area contributed by atoms with Crippen LogP contribution in [0.2, 0.25) is 5.02 Å². The lowest BCUT2D eigenvalue weighted by molar-refractivity contribution is 0.495. The molecular weight excluding hydrogens is 294 g/mol. The number of nitrogens with two attached hydrogens (primary N) is 1. The number of rotatable bonds is 2. The predicted molar refractivity (Wildman–Crippen MR) is 83.8 cm³/mol. The summed E-state index contributed by atoms with van der Waals surface area (Å²) in [7, 11) is 0. The van der Waals surface area contributed by atoms with E-state index in [0.29, 0.717) is 11.6 Å². The van der Waals surface area contributed by atoms with Crippen LogP contribution in [0.4, 0.5) is 0 Å². The van der Waals surface area contributed by atoms with Gasteiger partial charge >= 0.3 is 0 Å². The number of benzene rings is 1. The van der Waals surface area contributed by atoms with Crippen LogP contribution in [0.5, 0.6) is 0 Å². The van der Waals surface area contributed by atoms with E-state index in [9.17, 15) is 0 Å². The van der Waals surface area contributed by atoms with Crippen molar-refractivity contribution in [2.24, 2.45) is 10.8 Å². The number of hydrogen-bond acceptors (Lipinski definition) is 3. The second-order valence-corrected chi connectivity index (χ2v) is 5.29. The molecule has 102 valence electrons. The Balaban J connectivity index is 1.88. The molecule has 1 aliphatic heterocycles. The Kier molecular flexibility index (Phi) is 3.46. The van der Waals surface area contributed by atoms with Crippen LogP contribution in [0.15, 0.2) is 45.9 Å². The highest BCUT2D eigenvalue weighted by atomic mass is 35.5. The lowest BCUT2D eigenvalue weighted by Crippen LogP contribution is -2.28. The molecule has 4 nitrogen and oxygen atoms in total. The minimum atomic E-state index is 0.279. The van der Waals surface area contributed by atoms with Crippen LogP contribution >= 0.6 is 23.8 Å². The second kappa shape index (κ2) is 5.26. The van der Waals surface area contributed by atoms with Gasteiger partial charge in [0.25, 0.3) is 0 Å². The maximum absolute atomic E-state index is 5.98. The molecule has 0 aliphatic carbocycles. The van der Waals surface area contributed by atoms with Crippen molar-refractivity contribution < 1.29 is 4.42 Å². The third kappa shape index (κ3) is 2.55. The smallest absolute Gasteiger partial charge is 0.186 e. The minimum Gasteiger partial charge on any atom is -0.455 e. The van der Waals surface area contributed by atoms with E-state index >= 15 is 0 Å². The number of nitrogens with zero attached hydrogens (tertiary/aromatic N) is 2. The zero-order valence-corrected chi connectivity index (χ0v) is 12.1. The van der Waals surface area contributed by atoms with Crippen molar-refractivity contribution in [1.82, 2.24) is 5.01 Å². The molecule has 1 aliphatic rings. The highest BCUT2D eigenvalue weighted by Gasteiger charge is 2.20. The van der Waals surface area contributed by atoms with Crippen molar-refractivity contribution in [1.29, 1.82) is 0 Å². The average molecular weight is 306 g/mol. The predicted octanol–water partition coefficient (Wildman–Crippen LogP) is 3.25. The normalized spacial score (nSPS) is 14.4. The standard InChI is InChI=1S/C14H12ClN3OS/c15-10-3-1-2-9(8-10)12-4-5-13(19-12)11-6-7-18(17-11)14(16)20/h1-5,8H,6-7H2,(H2,16,20). The van der Waals surface area contributed by atoms with Gasteiger partial charge in [-0.05, 0) is 36.5 Å². The fourth-order valence-corrected chi connectivity index (χ4v) is 2.40. The van der Waals surface area contributed by atoms with E-state index in [1.165, 1.54) is 0 Å². The van der Waals surface area contributed by atoms with Crippen LogP contribution in [0.1, 0.15) is 12.2 Å². The van der Waals surface area contributed by atoms with Crippen molar-refractivity contribution in [3.8, 4) is 11.3 Å². The molecule has 2 heterocycles. The van der Waals surface area contributed by atoms with E-state index in [0.717, 1.165) is 29.2 Å². The third-order valence-electron chi connectivity index (χ3n) is 3.06. The lowest BCUT2D eigenvalue weighted by atomic mass is 10.2. The van der Waals surface area contributed by atoms with E-state index in [4.69, 9.17) is 34.0 Å². The van der Waals surface area contributed by atoms with E-state index in [2.05, 4.69) is 5.10 Å². The summed E-state index contributed by atoms with van der Waals surface area (Å²) in [6, 6.07) is 11.3. The third-order valence-corrected chi connectivity index (χ3v) is 3.50. The van der Waals surface area contributed by atoms with Crippen molar-refractivity contribution in [3.63, 3.8) is 0 Å². The molecule has 1 aromatic heterocycles. The van der Waals surface area contributed by atoms with Gasteiger partial charge in [-0.2, -0.15) is 5.10 Å². The molecule has 0 atom stereocenters. The Morgan fingerprint density at radius 3 is 2.80 bits per heavy atom. The molecule has 0 amide bonds. The summed E-state index contributed by atoms with van der Waals surface area (Å²) >= 11 is 10.9. The van der Waals surface area contributed by atoms with Crippen LogP contribution < -0.4 is 5.73 Å². The Morgan fingerprint density at radius 2 is 2.10 bits per heavy atom. The molecule has 0 saturated heterocycles. The maximum atomic E-state index is 5.98. The van der Waals surface area contributed by atoms with Gasteiger partial charge in [-0.25, -0.2) is 5.01 Å². The second-order valence-electron chi connectivity index (χ2n) is 4.43. The lowest BCUT2D eigenvalue weighted by Gasteiger charge is -2.08. The van der Waals surface area contributed by atoms with E-state index < -0.39 is 0 Å². The summed E-state index contributed by atoms with van der Waals surface area (Å²) in [4.78, 5) is 0. The summed E-state index contributed by atoms with van der Waals surface area (Å²) < 4.78 is 5.84. The number of thiocarbonyl (C=S) groups is 1. The molecule has 3 rings (SSSR count). The van der Waals surface area contributed by atoms with E-state index in [1.807, 2.05) is 36.4 Å². The molecular formula is C14H12ClN3OS. The molecule has 2 aromatic rings. The van der Waals surface area contributed by atoms with Crippen LogP contribution in [0.25, 0.3) is 11.3 Å². The van der Waals surface area contributed by atoms with Crippen molar-refractivity contribution in [3.05, 3.63) is 47.2 Å². The Morgan fingerprint density at radius 1 is 1.30 bits per heavy atom. The summed E-state index contributed by atoms with van der Waals surface area (Å²) in [6.45, 7) is 0.692. The van der Waals surface area contributed by atoms with Crippen LogP contribution in [-0.4, -0.2) is 22.4 Å². The molecule has 2 N–H and O–H groups in total. The van der Waals surface area contributed by atoms with Gasteiger partial charge in [0.2, 0.25) is 0 Å². The van der Waals surface area contributed by atoms with Gasteiger partial charge in [0.1, 0.15) is 11.5 Å². The summed E-state index contributed by atoms with van der Waals surface area (Å²) in [6.07, 6.45) is 0.764. The fourth-order valence-electron chi connectivity index (χ4n) is 2.08. The molecule has 0 bridgehead atoms. The zero-order chi connectivity index (χ0) is 14.1. The zero-order valence-electron chi connectivity index (χ0n) is 10.5. The molecule has 6 heteroatoms. The van der Waals surface area contributed by atoms with Gasteiger partial charge in [0.15, 0.2) is 10.9 Å². The van der Waals surface area contributed by atoms with Gasteiger partial charge in [0.05, 0.1) is 0 Å². The fraction of sp³-hybridized carbons (Fsp3) is 0.143. The van der Waals surface area contributed by atoms with E-state index in [1.54, 1.807) is 5.01 Å². The van der Waals surface area contributed by atoms with Gasteiger partial charge in [0, 0.05) is 23.6 Å². The van der Waals surface area contributed by atoms with Gasteiger partial charge in [-0.15, -0.1) is 0 Å². The number of hydrazone groups is 1. The van der Waals surface area contributed by atoms with Crippen LogP contribution in [0.3, 0.4) is 0 Å². The Bertz CT molecular complexity index is 695. The molecule has 20 heavy (non-hydrogen) atoms. The first-order valence-corrected chi connectivity index (χ1v) is 6.93. The monoisotopic (exact) mass is 305 g/mol. The Hall–Kier alpha value is -1.85. The maximum Gasteiger partial charge on any atom is 0.186 e. The average Bonchev–Trinajstić information content (AvgIpc) is 3.08. The summed E-state index contributed by atoms with van der Waals surface area (Å²) in [5.41, 5.74) is 7.35. The largest absolute Gasteiger partial charge is 0.455 e. The highest BCUT2D eigenvalue weighted by Crippen LogP contribution is 2.26. The quantitative estimate of drug-likeness (QED) is 0.865. The molecule has 0 radical (unpaired) electrons. The molecule has 0 saturated carbocycles. The molecule has 0 fully saturated rings. The summed E-state index contributed by atoms with van der Waals surface area (Å²) in [5, 5.41) is 6.91. The molecule has 0 unspecified atom stereocenters. The van der Waals surface area contributed by atoms with Gasteiger partial charge < -0.3 is 10.2 Å². The van der Waals surface area contributed by atoms with Crippen molar-refractivity contribution in [2.45, 2.75) is 6.42 Å². The van der Waals surface area contributed by atoms with Crippen LogP contribution in [-0.2, 0) is 0 Å².